The molecule has 1 heterocycles. The first-order chi connectivity index (χ1) is 32.8. The van der Waals surface area contributed by atoms with Crippen molar-refractivity contribution in [1.29, 1.82) is 0 Å². The molecule has 0 saturated carbocycles. The van der Waals surface area contributed by atoms with Gasteiger partial charge in [-0.25, -0.2) is 0 Å². The maximum Gasteiger partial charge on any atom is 0.0618 e. The van der Waals surface area contributed by atoms with Crippen LogP contribution in [0.25, 0.3) is 104 Å². The molecule has 0 aliphatic carbocycles. The molecule has 0 spiro atoms. The SMILES string of the molecule is c1ccc(-c2c3ccccc3c(N(c3ccccc3)c3ccc(-n4c5ccc(-c6cccc7ccccc67)cc5c5cc(-c6cccc7ccccc67)ccc54)cc3)c3ccccc23)cc1. The van der Waals surface area contributed by atoms with Crippen LogP contribution in [0.2, 0.25) is 0 Å². The molecule has 2 nitrogen and oxygen atoms in total. The minimum absolute atomic E-state index is 1.09. The first-order valence-corrected chi connectivity index (χ1v) is 22.8. The van der Waals surface area contributed by atoms with Crippen LogP contribution in [0, 0.1) is 0 Å². The molecule has 0 atom stereocenters. The van der Waals surface area contributed by atoms with Crippen LogP contribution in [-0.2, 0) is 0 Å². The Hall–Kier alpha value is -8.72. The number of anilines is 3. The Labute approximate surface area is 383 Å². The highest BCUT2D eigenvalue weighted by atomic mass is 15.1. The van der Waals surface area contributed by atoms with Crippen LogP contribution in [0.1, 0.15) is 0 Å². The number of benzene rings is 12. The second-order valence-corrected chi connectivity index (χ2v) is 17.2. The van der Waals surface area contributed by atoms with Gasteiger partial charge >= 0.3 is 0 Å². The number of fused-ring (bicyclic) bond motifs is 7. The van der Waals surface area contributed by atoms with Crippen molar-refractivity contribution < 1.29 is 0 Å². The fourth-order valence-corrected chi connectivity index (χ4v) is 10.6. The lowest BCUT2D eigenvalue weighted by molar-refractivity contribution is 1.17. The molecule has 13 rings (SSSR count). The highest BCUT2D eigenvalue weighted by molar-refractivity contribution is 6.22. The van der Waals surface area contributed by atoms with Crippen molar-refractivity contribution in [2.75, 3.05) is 4.90 Å². The van der Waals surface area contributed by atoms with Crippen molar-refractivity contribution in [2.24, 2.45) is 0 Å². The minimum atomic E-state index is 1.09. The van der Waals surface area contributed by atoms with E-state index in [0.717, 1.165) is 17.1 Å². The van der Waals surface area contributed by atoms with Gasteiger partial charge in [-0.3, -0.25) is 0 Å². The summed E-state index contributed by atoms with van der Waals surface area (Å²) in [4.78, 5) is 2.45. The zero-order valence-corrected chi connectivity index (χ0v) is 36.1. The molecule has 0 amide bonds. The third-order valence-electron chi connectivity index (χ3n) is 13.5. The maximum atomic E-state index is 2.45. The lowest BCUT2D eigenvalue weighted by atomic mass is 9.90. The highest BCUT2D eigenvalue weighted by Gasteiger charge is 2.23. The van der Waals surface area contributed by atoms with E-state index in [4.69, 9.17) is 0 Å². The number of aromatic nitrogens is 1. The molecule has 0 radical (unpaired) electrons. The first-order valence-electron chi connectivity index (χ1n) is 22.8. The summed E-state index contributed by atoms with van der Waals surface area (Å²) in [6, 6.07) is 93.3. The second-order valence-electron chi connectivity index (χ2n) is 17.2. The third kappa shape index (κ3) is 6.11. The van der Waals surface area contributed by atoms with Gasteiger partial charge in [0.1, 0.15) is 0 Å². The van der Waals surface area contributed by atoms with E-state index in [-0.39, 0.29) is 0 Å². The van der Waals surface area contributed by atoms with Crippen LogP contribution in [0.5, 0.6) is 0 Å². The van der Waals surface area contributed by atoms with Crippen molar-refractivity contribution in [2.45, 2.75) is 0 Å². The van der Waals surface area contributed by atoms with Crippen molar-refractivity contribution in [3.63, 3.8) is 0 Å². The van der Waals surface area contributed by atoms with Gasteiger partial charge in [0.15, 0.2) is 0 Å². The van der Waals surface area contributed by atoms with Gasteiger partial charge < -0.3 is 9.47 Å². The Morgan fingerprint density at radius 1 is 0.273 bits per heavy atom. The van der Waals surface area contributed by atoms with Gasteiger partial charge in [-0.1, -0.05) is 194 Å². The van der Waals surface area contributed by atoms with E-state index in [1.807, 2.05) is 0 Å². The Morgan fingerprint density at radius 3 is 1.23 bits per heavy atom. The van der Waals surface area contributed by atoms with E-state index >= 15 is 0 Å². The predicted octanol–water partition coefficient (Wildman–Crippen LogP) is 17.9. The first kappa shape index (κ1) is 37.8. The zero-order valence-electron chi connectivity index (χ0n) is 36.1. The summed E-state index contributed by atoms with van der Waals surface area (Å²) < 4.78 is 2.44. The molecule has 1 aromatic heterocycles. The highest BCUT2D eigenvalue weighted by Crippen LogP contribution is 2.48. The van der Waals surface area contributed by atoms with E-state index in [9.17, 15) is 0 Å². The summed E-state index contributed by atoms with van der Waals surface area (Å²) in [6.45, 7) is 0. The maximum absolute atomic E-state index is 2.45. The number of nitrogens with zero attached hydrogens (tertiary/aromatic N) is 2. The van der Waals surface area contributed by atoms with Gasteiger partial charge in [-0.15, -0.1) is 0 Å². The molecule has 0 aliphatic rings. The van der Waals surface area contributed by atoms with Gasteiger partial charge in [0.25, 0.3) is 0 Å². The molecule has 0 bridgehead atoms. The largest absolute Gasteiger partial charge is 0.309 e. The van der Waals surface area contributed by atoms with Crippen molar-refractivity contribution >= 4 is 82.0 Å². The van der Waals surface area contributed by atoms with Crippen LogP contribution in [0.15, 0.2) is 255 Å². The molecule has 0 aliphatic heterocycles. The number of para-hydroxylation sites is 1. The van der Waals surface area contributed by atoms with Crippen molar-refractivity contribution in [3.8, 4) is 39.1 Å². The fourth-order valence-electron chi connectivity index (χ4n) is 10.6. The van der Waals surface area contributed by atoms with Gasteiger partial charge in [-0.05, 0) is 126 Å². The van der Waals surface area contributed by atoms with Gasteiger partial charge in [0.2, 0.25) is 0 Å². The molecular formula is C64H42N2. The van der Waals surface area contributed by atoms with E-state index in [1.165, 1.54) is 104 Å². The van der Waals surface area contributed by atoms with E-state index in [1.54, 1.807) is 0 Å². The Balaban J connectivity index is 1.02. The van der Waals surface area contributed by atoms with Gasteiger partial charge in [-0.2, -0.15) is 0 Å². The summed E-state index contributed by atoms with van der Waals surface area (Å²) in [6.07, 6.45) is 0. The molecule has 66 heavy (non-hydrogen) atoms. The van der Waals surface area contributed by atoms with Crippen LogP contribution < -0.4 is 4.90 Å². The standard InChI is InChI=1S/C64H42N2/c1-3-19-45(20-4-1)63-55-27-11-13-29-57(55)64(58-30-14-12-28-56(58)63)65(48-23-5-2-6-24-48)49-35-37-50(38-36-49)66-61-39-33-46(53-31-15-21-43-17-7-9-25-51(43)53)41-59(61)60-42-47(34-40-62(60)66)54-32-16-22-44-18-8-10-26-52(44)54/h1-42H. The lowest BCUT2D eigenvalue weighted by Crippen LogP contribution is -2.11. The van der Waals surface area contributed by atoms with E-state index < -0.39 is 0 Å². The number of rotatable bonds is 7. The average molecular weight is 839 g/mol. The Kier molecular flexibility index (Phi) is 8.89. The monoisotopic (exact) mass is 838 g/mol. The number of hydrogen-bond acceptors (Lipinski definition) is 1. The Morgan fingerprint density at radius 2 is 0.697 bits per heavy atom. The summed E-state index contributed by atoms with van der Waals surface area (Å²) in [5.41, 5.74) is 14.2. The average Bonchev–Trinajstić information content (AvgIpc) is 3.72. The van der Waals surface area contributed by atoms with Crippen LogP contribution >= 0.6 is 0 Å². The van der Waals surface area contributed by atoms with Crippen LogP contribution in [0.4, 0.5) is 17.1 Å². The molecule has 0 unspecified atom stereocenters. The molecule has 2 heteroatoms. The van der Waals surface area contributed by atoms with Crippen molar-refractivity contribution in [3.05, 3.63) is 255 Å². The van der Waals surface area contributed by atoms with Gasteiger partial charge in [0, 0.05) is 38.6 Å². The molecule has 308 valence electrons. The molecular weight excluding hydrogens is 797 g/mol. The quantitative estimate of drug-likeness (QED) is 0.145. The minimum Gasteiger partial charge on any atom is -0.309 e. The van der Waals surface area contributed by atoms with E-state index in [2.05, 4.69) is 264 Å². The number of hydrogen-bond donors (Lipinski definition) is 0. The normalized spacial score (nSPS) is 11.6. The summed E-state index contributed by atoms with van der Waals surface area (Å²) in [5.74, 6) is 0. The fraction of sp³-hybridized carbons (Fsp3) is 0. The molecule has 12 aromatic carbocycles. The molecule has 0 fully saturated rings. The molecule has 0 N–H and O–H groups in total. The lowest BCUT2D eigenvalue weighted by Gasteiger charge is -2.29. The van der Waals surface area contributed by atoms with E-state index in [0.29, 0.717) is 0 Å². The summed E-state index contributed by atoms with van der Waals surface area (Å²) >= 11 is 0. The molecule has 13 aromatic rings. The van der Waals surface area contributed by atoms with Gasteiger partial charge in [0.05, 0.1) is 16.7 Å². The molecule has 0 saturated heterocycles. The van der Waals surface area contributed by atoms with Crippen LogP contribution in [0.3, 0.4) is 0 Å². The smallest absolute Gasteiger partial charge is 0.0618 e. The second kappa shape index (κ2) is 15.5. The Bertz CT molecular complexity index is 3770. The topological polar surface area (TPSA) is 8.17 Å². The summed E-state index contributed by atoms with van der Waals surface area (Å²) in [5, 5.41) is 12.3. The van der Waals surface area contributed by atoms with Crippen LogP contribution in [-0.4, -0.2) is 4.57 Å². The third-order valence-corrected chi connectivity index (χ3v) is 13.5. The zero-order chi connectivity index (χ0) is 43.6. The predicted molar refractivity (Wildman–Crippen MR) is 282 cm³/mol. The van der Waals surface area contributed by atoms with Crippen molar-refractivity contribution in [1.82, 2.24) is 4.57 Å². The summed E-state index contributed by atoms with van der Waals surface area (Å²) in [7, 11) is 0.